The minimum Gasteiger partial charge on any atom is -0.477 e. The number of thiazole rings is 1. The number of nitrogens with zero attached hydrogens (tertiary/aromatic N) is 4. The van der Waals surface area contributed by atoms with Crippen molar-refractivity contribution in [1.82, 2.24) is 14.9 Å². The zero-order valence-corrected chi connectivity index (χ0v) is 14.2. The van der Waals surface area contributed by atoms with Crippen molar-refractivity contribution in [1.29, 1.82) is 5.26 Å². The van der Waals surface area contributed by atoms with Gasteiger partial charge in [0.05, 0.1) is 36.3 Å². The summed E-state index contributed by atoms with van der Waals surface area (Å²) in [5.41, 5.74) is 2.44. The number of nitriles is 1. The number of hydrogen-bond donors (Lipinski definition) is 0. The summed E-state index contributed by atoms with van der Waals surface area (Å²) >= 11 is 1.42. The van der Waals surface area contributed by atoms with E-state index in [1.54, 1.807) is 23.0 Å². The van der Waals surface area contributed by atoms with Crippen LogP contribution in [0.5, 0.6) is 5.88 Å². The molecule has 8 heteroatoms. The SMILES string of the molecule is N#Cc1ccc(OC[C@]23COC[C@H]2CN(C(=O)c2cscn2)C3)nc1. The van der Waals surface area contributed by atoms with Gasteiger partial charge in [0.2, 0.25) is 5.88 Å². The van der Waals surface area contributed by atoms with E-state index in [-0.39, 0.29) is 17.2 Å². The van der Waals surface area contributed by atoms with Crippen LogP contribution in [0.3, 0.4) is 0 Å². The van der Waals surface area contributed by atoms with E-state index in [0.717, 1.165) is 0 Å². The van der Waals surface area contributed by atoms with Crippen molar-refractivity contribution in [2.45, 2.75) is 0 Å². The van der Waals surface area contributed by atoms with Gasteiger partial charge in [-0.2, -0.15) is 5.26 Å². The summed E-state index contributed by atoms with van der Waals surface area (Å²) in [6.07, 6.45) is 1.49. The lowest BCUT2D eigenvalue weighted by molar-refractivity contribution is 0.0651. The second-order valence-electron chi connectivity index (χ2n) is 6.42. The molecule has 2 aliphatic rings. The maximum absolute atomic E-state index is 12.6. The van der Waals surface area contributed by atoms with E-state index in [9.17, 15) is 4.79 Å². The molecule has 0 aromatic carbocycles. The summed E-state index contributed by atoms with van der Waals surface area (Å²) in [7, 11) is 0. The van der Waals surface area contributed by atoms with Gasteiger partial charge in [-0.1, -0.05) is 0 Å². The van der Waals surface area contributed by atoms with Crippen LogP contribution in [-0.4, -0.2) is 53.7 Å². The molecule has 2 aliphatic heterocycles. The van der Waals surface area contributed by atoms with Gasteiger partial charge in [0.15, 0.2) is 0 Å². The Morgan fingerprint density at radius 1 is 1.52 bits per heavy atom. The van der Waals surface area contributed by atoms with Crippen LogP contribution in [0.15, 0.2) is 29.2 Å². The minimum absolute atomic E-state index is 0.0356. The number of pyridine rings is 1. The first kappa shape index (κ1) is 16.0. The molecule has 0 N–H and O–H groups in total. The lowest BCUT2D eigenvalue weighted by Crippen LogP contribution is -2.38. The van der Waals surface area contributed by atoms with Crippen LogP contribution in [0.2, 0.25) is 0 Å². The molecule has 0 spiro atoms. The van der Waals surface area contributed by atoms with Gasteiger partial charge in [-0.15, -0.1) is 11.3 Å². The number of rotatable bonds is 4. The van der Waals surface area contributed by atoms with E-state index < -0.39 is 0 Å². The third kappa shape index (κ3) is 2.97. The largest absolute Gasteiger partial charge is 0.477 e. The topological polar surface area (TPSA) is 88.3 Å². The van der Waals surface area contributed by atoms with Crippen LogP contribution in [-0.2, 0) is 4.74 Å². The number of fused-ring (bicyclic) bond motifs is 1. The Hall–Kier alpha value is -2.50. The molecule has 0 unspecified atom stereocenters. The maximum atomic E-state index is 12.6. The van der Waals surface area contributed by atoms with Crippen LogP contribution in [0.4, 0.5) is 0 Å². The van der Waals surface area contributed by atoms with Gasteiger partial charge in [0, 0.05) is 36.7 Å². The second-order valence-corrected chi connectivity index (χ2v) is 7.14. The summed E-state index contributed by atoms with van der Waals surface area (Å²) in [5, 5.41) is 10.6. The van der Waals surface area contributed by atoms with E-state index in [1.807, 2.05) is 11.0 Å². The quantitative estimate of drug-likeness (QED) is 0.826. The highest BCUT2D eigenvalue weighted by Gasteiger charge is 2.52. The fourth-order valence-corrected chi connectivity index (χ4v) is 3.95. The molecule has 2 aromatic heterocycles. The van der Waals surface area contributed by atoms with Crippen LogP contribution in [0, 0.1) is 22.7 Å². The molecule has 128 valence electrons. The predicted molar refractivity (Wildman–Crippen MR) is 89.2 cm³/mol. The average Bonchev–Trinajstić information content (AvgIpc) is 3.35. The van der Waals surface area contributed by atoms with Gasteiger partial charge in [-0.25, -0.2) is 9.97 Å². The highest BCUT2D eigenvalue weighted by atomic mass is 32.1. The molecule has 0 bridgehead atoms. The van der Waals surface area contributed by atoms with Gasteiger partial charge < -0.3 is 14.4 Å². The van der Waals surface area contributed by atoms with Crippen molar-refractivity contribution < 1.29 is 14.3 Å². The Morgan fingerprint density at radius 3 is 3.16 bits per heavy atom. The first-order chi connectivity index (χ1) is 12.2. The van der Waals surface area contributed by atoms with E-state index >= 15 is 0 Å². The third-order valence-corrected chi connectivity index (χ3v) is 5.42. The molecule has 25 heavy (non-hydrogen) atoms. The van der Waals surface area contributed by atoms with Crippen molar-refractivity contribution in [2.75, 3.05) is 32.9 Å². The third-order valence-electron chi connectivity index (χ3n) is 4.83. The Morgan fingerprint density at radius 2 is 2.44 bits per heavy atom. The molecule has 2 saturated heterocycles. The minimum atomic E-state index is -0.221. The number of amides is 1. The summed E-state index contributed by atoms with van der Waals surface area (Å²) < 4.78 is 11.5. The smallest absolute Gasteiger partial charge is 0.273 e. The number of aromatic nitrogens is 2. The molecule has 0 saturated carbocycles. The van der Waals surface area contributed by atoms with Gasteiger partial charge in [-0.3, -0.25) is 4.79 Å². The highest BCUT2D eigenvalue weighted by Crippen LogP contribution is 2.42. The predicted octanol–water partition coefficient (Wildman–Crippen LogP) is 1.58. The fourth-order valence-electron chi connectivity index (χ4n) is 3.42. The molecule has 2 fully saturated rings. The fraction of sp³-hybridized carbons (Fsp3) is 0.412. The Kier molecular flexibility index (Phi) is 4.11. The van der Waals surface area contributed by atoms with Crippen molar-refractivity contribution in [3.05, 3.63) is 40.5 Å². The summed E-state index contributed by atoms with van der Waals surface area (Å²) in [6.45, 7) is 2.86. The van der Waals surface area contributed by atoms with Crippen molar-refractivity contribution >= 4 is 17.2 Å². The first-order valence-corrected chi connectivity index (χ1v) is 8.89. The van der Waals surface area contributed by atoms with Crippen LogP contribution >= 0.6 is 11.3 Å². The van der Waals surface area contributed by atoms with Crippen molar-refractivity contribution in [3.63, 3.8) is 0 Å². The average molecular weight is 356 g/mol. The first-order valence-electron chi connectivity index (χ1n) is 7.94. The second kappa shape index (κ2) is 6.43. The number of carbonyl (C=O) groups is 1. The summed E-state index contributed by atoms with van der Waals surface area (Å²) in [5.74, 6) is 0.684. The van der Waals surface area contributed by atoms with Crippen LogP contribution in [0.1, 0.15) is 16.1 Å². The number of likely N-dealkylation sites (tertiary alicyclic amines) is 1. The van der Waals surface area contributed by atoms with E-state index in [2.05, 4.69) is 9.97 Å². The van der Waals surface area contributed by atoms with E-state index in [4.69, 9.17) is 14.7 Å². The Bertz CT molecular complexity index is 802. The molecular formula is C17H16N4O3S. The molecular weight excluding hydrogens is 340 g/mol. The van der Waals surface area contributed by atoms with Crippen molar-refractivity contribution in [3.8, 4) is 11.9 Å². The van der Waals surface area contributed by atoms with Crippen LogP contribution in [0.25, 0.3) is 0 Å². The normalized spacial score (nSPS) is 24.8. The van der Waals surface area contributed by atoms with Gasteiger partial charge in [0.25, 0.3) is 5.91 Å². The number of hydrogen-bond acceptors (Lipinski definition) is 7. The molecule has 0 radical (unpaired) electrons. The molecule has 4 rings (SSSR count). The Labute approximate surface area is 148 Å². The highest BCUT2D eigenvalue weighted by molar-refractivity contribution is 7.07. The van der Waals surface area contributed by atoms with Gasteiger partial charge >= 0.3 is 0 Å². The zero-order valence-electron chi connectivity index (χ0n) is 13.4. The summed E-state index contributed by atoms with van der Waals surface area (Å²) in [6, 6.07) is 5.40. The van der Waals surface area contributed by atoms with Gasteiger partial charge in [0.1, 0.15) is 11.8 Å². The zero-order chi connectivity index (χ0) is 17.3. The molecule has 7 nitrogen and oxygen atoms in total. The standard InChI is InChI=1S/C17H16N4O3S/c18-3-12-1-2-15(19-4-12)24-10-17-8-21(5-13(17)6-23-9-17)16(22)14-7-25-11-20-14/h1-2,4,7,11,13H,5-6,8-10H2/t13-,17+/m1/s1. The van der Waals surface area contributed by atoms with Gasteiger partial charge in [-0.05, 0) is 6.07 Å². The number of ether oxygens (including phenoxy) is 2. The molecule has 0 aliphatic carbocycles. The molecule has 2 atom stereocenters. The molecule has 4 heterocycles. The molecule has 1 amide bonds. The van der Waals surface area contributed by atoms with Crippen LogP contribution < -0.4 is 4.74 Å². The lowest BCUT2D eigenvalue weighted by atomic mass is 9.82. The van der Waals surface area contributed by atoms with E-state index in [0.29, 0.717) is 50.0 Å². The lowest BCUT2D eigenvalue weighted by Gasteiger charge is -2.26. The number of carbonyl (C=O) groups excluding carboxylic acids is 1. The monoisotopic (exact) mass is 356 g/mol. The van der Waals surface area contributed by atoms with Crippen molar-refractivity contribution in [2.24, 2.45) is 11.3 Å². The maximum Gasteiger partial charge on any atom is 0.273 e. The summed E-state index contributed by atoms with van der Waals surface area (Å²) in [4.78, 5) is 22.7. The Balaban J connectivity index is 1.45. The molecule has 2 aromatic rings. The van der Waals surface area contributed by atoms with E-state index in [1.165, 1.54) is 17.5 Å².